The molecule has 0 saturated carbocycles. The van der Waals surface area contributed by atoms with Gasteiger partial charge in [-0.25, -0.2) is 4.99 Å². The molecule has 0 spiro atoms. The Morgan fingerprint density at radius 3 is 2.74 bits per heavy atom. The normalized spacial score (nSPS) is 17.4. The third-order valence-corrected chi connectivity index (χ3v) is 6.21. The average molecular weight is 445 g/mol. The molecule has 0 radical (unpaired) electrons. The highest BCUT2D eigenvalue weighted by atomic mass is 79.9. The van der Waals surface area contributed by atoms with E-state index in [1.165, 1.54) is 5.56 Å². The number of halogens is 1. The van der Waals surface area contributed by atoms with Gasteiger partial charge in [-0.1, -0.05) is 34.1 Å². The van der Waals surface area contributed by atoms with Crippen molar-refractivity contribution in [2.45, 2.75) is 25.5 Å². The number of ether oxygens (including phenoxy) is 2. The Kier molecular flexibility index (Phi) is 5.76. The Bertz CT molecular complexity index is 972. The zero-order valence-corrected chi connectivity index (χ0v) is 17.5. The first-order chi connectivity index (χ1) is 13.2. The Hall–Kier alpha value is -1.89. The van der Waals surface area contributed by atoms with E-state index in [9.17, 15) is 0 Å². The topological polar surface area (TPSA) is 35.8 Å². The van der Waals surface area contributed by atoms with Crippen molar-refractivity contribution in [1.82, 2.24) is 4.57 Å². The van der Waals surface area contributed by atoms with Crippen LogP contribution in [0.3, 0.4) is 0 Å². The standard InChI is InChI=1S/C21H21BrN2O2S/c1-25-16-10-8-15(9-11-16)23-21-24(13-17-5-4-12-26-17)20(14-27-21)18-6-2-3-7-19(18)22/h2-3,6-11,14,17H,4-5,12-13H2,1H3. The number of rotatable bonds is 5. The van der Waals surface area contributed by atoms with Gasteiger partial charge in [-0.2, -0.15) is 0 Å². The van der Waals surface area contributed by atoms with Crippen molar-refractivity contribution in [3.05, 3.63) is 63.2 Å². The molecule has 1 aromatic heterocycles. The van der Waals surface area contributed by atoms with Crippen LogP contribution >= 0.6 is 27.3 Å². The second-order valence-electron chi connectivity index (χ2n) is 6.44. The van der Waals surface area contributed by atoms with Crippen molar-refractivity contribution >= 4 is 33.0 Å². The summed E-state index contributed by atoms with van der Waals surface area (Å²) in [4.78, 5) is 5.86. The van der Waals surface area contributed by atoms with Crippen LogP contribution in [-0.2, 0) is 11.3 Å². The lowest BCUT2D eigenvalue weighted by atomic mass is 10.1. The van der Waals surface area contributed by atoms with Crippen molar-refractivity contribution in [2.24, 2.45) is 4.99 Å². The summed E-state index contributed by atoms with van der Waals surface area (Å²) in [6.07, 6.45) is 2.47. The Morgan fingerprint density at radius 2 is 2.04 bits per heavy atom. The zero-order chi connectivity index (χ0) is 18.6. The smallest absolute Gasteiger partial charge is 0.190 e. The van der Waals surface area contributed by atoms with Gasteiger partial charge in [0, 0.05) is 22.0 Å². The van der Waals surface area contributed by atoms with Gasteiger partial charge in [0.1, 0.15) is 5.75 Å². The van der Waals surface area contributed by atoms with Crippen molar-refractivity contribution in [1.29, 1.82) is 0 Å². The monoisotopic (exact) mass is 444 g/mol. The third kappa shape index (κ3) is 4.18. The molecule has 3 aromatic rings. The summed E-state index contributed by atoms with van der Waals surface area (Å²) >= 11 is 5.34. The van der Waals surface area contributed by atoms with Gasteiger partial charge in [0.25, 0.3) is 0 Å². The van der Waals surface area contributed by atoms with E-state index >= 15 is 0 Å². The Morgan fingerprint density at radius 1 is 1.22 bits per heavy atom. The van der Waals surface area contributed by atoms with Gasteiger partial charge in [-0.3, -0.25) is 0 Å². The minimum absolute atomic E-state index is 0.246. The van der Waals surface area contributed by atoms with Crippen LogP contribution in [0, 0.1) is 0 Å². The molecule has 1 aliphatic heterocycles. The maximum absolute atomic E-state index is 5.90. The van der Waals surface area contributed by atoms with Crippen molar-refractivity contribution in [3.8, 4) is 17.0 Å². The molecule has 27 heavy (non-hydrogen) atoms. The minimum atomic E-state index is 0.246. The molecule has 1 atom stereocenters. The summed E-state index contributed by atoms with van der Waals surface area (Å²) in [5.74, 6) is 0.835. The molecule has 0 N–H and O–H groups in total. The molecule has 140 valence electrons. The molecule has 2 aromatic carbocycles. The molecule has 1 fully saturated rings. The van der Waals surface area contributed by atoms with Crippen LogP contribution in [-0.4, -0.2) is 24.4 Å². The van der Waals surface area contributed by atoms with E-state index in [0.29, 0.717) is 0 Å². The van der Waals surface area contributed by atoms with E-state index in [1.54, 1.807) is 18.4 Å². The number of methoxy groups -OCH3 is 1. The average Bonchev–Trinajstić information content (AvgIpc) is 3.34. The van der Waals surface area contributed by atoms with Crippen LogP contribution in [0.1, 0.15) is 12.8 Å². The molecule has 1 saturated heterocycles. The lowest BCUT2D eigenvalue weighted by molar-refractivity contribution is 0.0968. The largest absolute Gasteiger partial charge is 0.497 e. The molecule has 4 rings (SSSR count). The van der Waals surface area contributed by atoms with Gasteiger partial charge in [0.05, 0.1) is 31.1 Å². The van der Waals surface area contributed by atoms with Crippen LogP contribution in [0.2, 0.25) is 0 Å². The molecule has 6 heteroatoms. The van der Waals surface area contributed by atoms with Gasteiger partial charge in [-0.05, 0) is 43.2 Å². The van der Waals surface area contributed by atoms with Crippen molar-refractivity contribution < 1.29 is 9.47 Å². The predicted molar refractivity (Wildman–Crippen MR) is 113 cm³/mol. The van der Waals surface area contributed by atoms with E-state index in [0.717, 1.165) is 52.4 Å². The number of hydrogen-bond acceptors (Lipinski definition) is 4. The molecular weight excluding hydrogens is 424 g/mol. The van der Waals surface area contributed by atoms with Gasteiger partial charge in [0.2, 0.25) is 0 Å². The molecule has 4 nitrogen and oxygen atoms in total. The van der Waals surface area contributed by atoms with E-state index in [4.69, 9.17) is 14.5 Å². The fraction of sp³-hybridized carbons (Fsp3) is 0.286. The van der Waals surface area contributed by atoms with Crippen LogP contribution in [0.15, 0.2) is 63.4 Å². The predicted octanol–water partition coefficient (Wildman–Crippen LogP) is 5.40. The summed E-state index contributed by atoms with van der Waals surface area (Å²) < 4.78 is 14.5. The summed E-state index contributed by atoms with van der Waals surface area (Å²) in [5, 5.41) is 2.18. The van der Waals surface area contributed by atoms with Gasteiger partial charge in [0.15, 0.2) is 4.80 Å². The van der Waals surface area contributed by atoms with Crippen LogP contribution < -0.4 is 9.54 Å². The highest BCUT2D eigenvalue weighted by Crippen LogP contribution is 2.29. The summed E-state index contributed by atoms with van der Waals surface area (Å²) in [7, 11) is 1.67. The summed E-state index contributed by atoms with van der Waals surface area (Å²) in [6.45, 7) is 1.67. The number of hydrogen-bond donors (Lipinski definition) is 0. The number of aromatic nitrogens is 1. The van der Waals surface area contributed by atoms with Crippen molar-refractivity contribution in [3.63, 3.8) is 0 Å². The van der Waals surface area contributed by atoms with E-state index in [1.807, 2.05) is 30.3 Å². The van der Waals surface area contributed by atoms with Gasteiger partial charge in [-0.15, -0.1) is 11.3 Å². The quantitative estimate of drug-likeness (QED) is 0.527. The second-order valence-corrected chi connectivity index (χ2v) is 8.13. The highest BCUT2D eigenvalue weighted by molar-refractivity contribution is 9.10. The highest BCUT2D eigenvalue weighted by Gasteiger charge is 2.19. The first-order valence-corrected chi connectivity index (χ1v) is 10.7. The van der Waals surface area contributed by atoms with E-state index < -0.39 is 0 Å². The molecule has 0 aliphatic carbocycles. The third-order valence-electron chi connectivity index (χ3n) is 4.65. The maximum Gasteiger partial charge on any atom is 0.190 e. The number of nitrogens with zero attached hydrogens (tertiary/aromatic N) is 2. The number of thiazole rings is 1. The van der Waals surface area contributed by atoms with Gasteiger partial charge < -0.3 is 14.0 Å². The molecule has 2 heterocycles. The van der Waals surface area contributed by atoms with E-state index in [-0.39, 0.29) is 6.10 Å². The van der Waals surface area contributed by atoms with Gasteiger partial charge >= 0.3 is 0 Å². The molecule has 1 aliphatic rings. The maximum atomic E-state index is 5.90. The number of benzene rings is 2. The lowest BCUT2D eigenvalue weighted by Crippen LogP contribution is -2.24. The van der Waals surface area contributed by atoms with Crippen LogP contribution in [0.4, 0.5) is 5.69 Å². The molecule has 0 bridgehead atoms. The lowest BCUT2D eigenvalue weighted by Gasteiger charge is -2.14. The molecule has 0 amide bonds. The Balaban J connectivity index is 1.78. The minimum Gasteiger partial charge on any atom is -0.497 e. The zero-order valence-electron chi connectivity index (χ0n) is 15.1. The van der Waals surface area contributed by atoms with Crippen molar-refractivity contribution in [2.75, 3.05) is 13.7 Å². The Labute approximate surface area is 171 Å². The van der Waals surface area contributed by atoms with E-state index in [2.05, 4.69) is 44.1 Å². The van der Waals surface area contributed by atoms with Crippen LogP contribution in [0.5, 0.6) is 5.75 Å². The fourth-order valence-corrected chi connectivity index (χ4v) is 4.66. The summed E-state index contributed by atoms with van der Waals surface area (Å²) in [6, 6.07) is 16.1. The first kappa shape index (κ1) is 18.5. The molecular formula is C21H21BrN2O2S. The molecule has 1 unspecified atom stereocenters. The summed E-state index contributed by atoms with van der Waals surface area (Å²) in [5.41, 5.74) is 3.25. The first-order valence-electron chi connectivity index (χ1n) is 8.98. The SMILES string of the molecule is COc1ccc(N=c2scc(-c3ccccc3Br)n2CC2CCCO2)cc1. The second kappa shape index (κ2) is 8.42. The van der Waals surface area contributed by atoms with Crippen LogP contribution in [0.25, 0.3) is 11.3 Å². The fourth-order valence-electron chi connectivity index (χ4n) is 3.24.